The average molecular weight is 415 g/mol. The Kier molecular flexibility index (Phi) is 5.71. The molecule has 7 heteroatoms. The lowest BCUT2D eigenvalue weighted by molar-refractivity contribution is -0.132. The van der Waals surface area contributed by atoms with E-state index < -0.39 is 0 Å². The standard InChI is InChI=1S/C21H19ClN2O3S/c22-15-6-7-17-16(12-15)19(14-4-2-1-3-5-14)20(21(26)23-17)28-13-18(25)24-8-10-27-11-9-24/h1-7,12H,8-11,13H2,(H,23,26). The molecular weight excluding hydrogens is 396 g/mol. The predicted molar refractivity (Wildman–Crippen MR) is 113 cm³/mol. The zero-order chi connectivity index (χ0) is 19.5. The van der Waals surface area contributed by atoms with Crippen LogP contribution in [0.1, 0.15) is 0 Å². The molecule has 1 fully saturated rings. The summed E-state index contributed by atoms with van der Waals surface area (Å²) in [5, 5.41) is 1.46. The van der Waals surface area contributed by atoms with Crippen LogP contribution in [-0.2, 0) is 9.53 Å². The molecule has 0 aliphatic carbocycles. The van der Waals surface area contributed by atoms with E-state index in [9.17, 15) is 9.59 Å². The number of thioether (sulfide) groups is 1. The molecule has 0 saturated carbocycles. The average Bonchev–Trinajstić information content (AvgIpc) is 2.73. The van der Waals surface area contributed by atoms with Crippen molar-refractivity contribution in [1.29, 1.82) is 0 Å². The van der Waals surface area contributed by atoms with Crippen molar-refractivity contribution in [2.45, 2.75) is 4.90 Å². The molecule has 1 aliphatic rings. The zero-order valence-corrected chi connectivity index (χ0v) is 16.7. The molecule has 2 aromatic carbocycles. The molecule has 1 amide bonds. The molecule has 5 nitrogen and oxygen atoms in total. The molecular formula is C21H19ClN2O3S. The monoisotopic (exact) mass is 414 g/mol. The smallest absolute Gasteiger partial charge is 0.262 e. The van der Waals surface area contributed by atoms with Crippen LogP contribution >= 0.6 is 23.4 Å². The molecule has 1 N–H and O–H groups in total. The van der Waals surface area contributed by atoms with Gasteiger partial charge in [-0.15, -0.1) is 11.8 Å². The van der Waals surface area contributed by atoms with E-state index in [1.165, 1.54) is 11.8 Å². The summed E-state index contributed by atoms with van der Waals surface area (Å²) in [6.45, 7) is 2.30. The Labute approximate surface area is 171 Å². The summed E-state index contributed by atoms with van der Waals surface area (Å²) in [4.78, 5) is 30.6. The number of amides is 1. The number of hydrogen-bond donors (Lipinski definition) is 1. The minimum Gasteiger partial charge on any atom is -0.378 e. The van der Waals surface area contributed by atoms with Crippen LogP contribution in [0.3, 0.4) is 0 Å². The molecule has 1 saturated heterocycles. The topological polar surface area (TPSA) is 62.4 Å². The normalized spacial score (nSPS) is 14.4. The fraction of sp³-hybridized carbons (Fsp3) is 0.238. The number of H-pyrrole nitrogens is 1. The van der Waals surface area contributed by atoms with Crippen molar-refractivity contribution < 1.29 is 9.53 Å². The molecule has 3 aromatic rings. The highest BCUT2D eigenvalue weighted by molar-refractivity contribution is 8.00. The molecule has 0 spiro atoms. The van der Waals surface area contributed by atoms with Gasteiger partial charge in [0.05, 0.1) is 23.9 Å². The van der Waals surface area contributed by atoms with E-state index in [1.807, 2.05) is 36.4 Å². The number of ether oxygens (including phenoxy) is 1. The van der Waals surface area contributed by atoms with Gasteiger partial charge in [0.2, 0.25) is 5.91 Å². The van der Waals surface area contributed by atoms with Crippen molar-refractivity contribution in [3.63, 3.8) is 0 Å². The highest BCUT2D eigenvalue weighted by Gasteiger charge is 2.20. The molecule has 0 unspecified atom stereocenters. The number of halogens is 1. The number of fused-ring (bicyclic) bond motifs is 1. The molecule has 144 valence electrons. The van der Waals surface area contributed by atoms with Crippen molar-refractivity contribution >= 4 is 40.2 Å². The van der Waals surface area contributed by atoms with Gasteiger partial charge in [-0.3, -0.25) is 9.59 Å². The number of hydrogen-bond acceptors (Lipinski definition) is 4. The van der Waals surface area contributed by atoms with Crippen LogP contribution in [0, 0.1) is 0 Å². The largest absolute Gasteiger partial charge is 0.378 e. The third kappa shape index (κ3) is 3.94. The number of aromatic amines is 1. The lowest BCUT2D eigenvalue weighted by Crippen LogP contribution is -2.41. The van der Waals surface area contributed by atoms with Crippen molar-refractivity contribution in [3.8, 4) is 11.1 Å². The van der Waals surface area contributed by atoms with Gasteiger partial charge in [0, 0.05) is 34.6 Å². The van der Waals surface area contributed by atoms with E-state index in [2.05, 4.69) is 4.98 Å². The maximum Gasteiger partial charge on any atom is 0.262 e. The maximum atomic E-state index is 12.8. The minimum atomic E-state index is -0.201. The number of nitrogens with zero attached hydrogens (tertiary/aromatic N) is 1. The first-order chi connectivity index (χ1) is 13.6. The Bertz CT molecular complexity index is 1060. The molecule has 28 heavy (non-hydrogen) atoms. The molecule has 2 heterocycles. The summed E-state index contributed by atoms with van der Waals surface area (Å²) in [6, 6.07) is 15.1. The Hall–Kier alpha value is -2.28. The first-order valence-electron chi connectivity index (χ1n) is 9.03. The lowest BCUT2D eigenvalue weighted by Gasteiger charge is -2.26. The summed E-state index contributed by atoms with van der Waals surface area (Å²) in [5.41, 5.74) is 2.24. The van der Waals surface area contributed by atoms with Gasteiger partial charge in [0.1, 0.15) is 0 Å². The number of carbonyl (C=O) groups excluding carboxylic acids is 1. The van der Waals surface area contributed by atoms with Gasteiger partial charge in [-0.05, 0) is 23.8 Å². The Balaban J connectivity index is 1.75. The van der Waals surface area contributed by atoms with Crippen LogP contribution in [-0.4, -0.2) is 47.8 Å². The number of aromatic nitrogens is 1. The van der Waals surface area contributed by atoms with Gasteiger partial charge in [-0.2, -0.15) is 0 Å². The fourth-order valence-corrected chi connectivity index (χ4v) is 4.49. The summed E-state index contributed by atoms with van der Waals surface area (Å²) < 4.78 is 5.30. The van der Waals surface area contributed by atoms with Crippen molar-refractivity contribution in [1.82, 2.24) is 9.88 Å². The lowest BCUT2D eigenvalue weighted by atomic mass is 10.0. The summed E-state index contributed by atoms with van der Waals surface area (Å²) in [7, 11) is 0. The van der Waals surface area contributed by atoms with Crippen molar-refractivity contribution in [2.24, 2.45) is 0 Å². The van der Waals surface area contributed by atoms with E-state index in [-0.39, 0.29) is 17.2 Å². The highest BCUT2D eigenvalue weighted by atomic mass is 35.5. The summed E-state index contributed by atoms with van der Waals surface area (Å²) in [5.74, 6) is 0.215. The number of rotatable bonds is 4. The fourth-order valence-electron chi connectivity index (χ4n) is 3.31. The second-order valence-electron chi connectivity index (χ2n) is 6.50. The molecule has 1 aliphatic heterocycles. The third-order valence-corrected chi connectivity index (χ3v) is 6.00. The van der Waals surface area contributed by atoms with Crippen LogP contribution < -0.4 is 5.56 Å². The molecule has 4 rings (SSSR count). The molecule has 0 atom stereocenters. The van der Waals surface area contributed by atoms with Gasteiger partial charge in [0.15, 0.2) is 0 Å². The minimum absolute atomic E-state index is 0.0119. The molecule has 0 radical (unpaired) electrons. The zero-order valence-electron chi connectivity index (χ0n) is 15.1. The molecule has 1 aromatic heterocycles. The highest BCUT2D eigenvalue weighted by Crippen LogP contribution is 2.35. The van der Waals surface area contributed by atoms with Crippen molar-refractivity contribution in [2.75, 3.05) is 32.1 Å². The van der Waals surface area contributed by atoms with Crippen LogP contribution in [0.15, 0.2) is 58.2 Å². The first kappa shape index (κ1) is 19.1. The van der Waals surface area contributed by atoms with E-state index in [0.29, 0.717) is 36.2 Å². The van der Waals surface area contributed by atoms with Crippen LogP contribution in [0.25, 0.3) is 22.0 Å². The van der Waals surface area contributed by atoms with Gasteiger partial charge in [-0.25, -0.2) is 0 Å². The summed E-state index contributed by atoms with van der Waals surface area (Å²) >= 11 is 7.50. The maximum absolute atomic E-state index is 12.8. The Morgan fingerprint density at radius 3 is 2.64 bits per heavy atom. The number of morpholine rings is 1. The van der Waals surface area contributed by atoms with Gasteiger partial charge in [0.25, 0.3) is 5.56 Å². The Morgan fingerprint density at radius 2 is 1.89 bits per heavy atom. The first-order valence-corrected chi connectivity index (χ1v) is 10.4. The Morgan fingerprint density at radius 1 is 1.14 bits per heavy atom. The number of carbonyl (C=O) groups is 1. The van der Waals surface area contributed by atoms with Crippen LogP contribution in [0.5, 0.6) is 0 Å². The third-order valence-electron chi connectivity index (χ3n) is 4.70. The second-order valence-corrected chi connectivity index (χ2v) is 7.92. The van der Waals surface area contributed by atoms with Crippen molar-refractivity contribution in [3.05, 3.63) is 63.9 Å². The quantitative estimate of drug-likeness (QED) is 0.659. The SMILES string of the molecule is O=C(CSc1c(-c2ccccc2)c2cc(Cl)ccc2[nH]c1=O)N1CCOCC1. The number of pyridine rings is 1. The molecule has 0 bridgehead atoms. The van der Waals surface area contributed by atoms with E-state index >= 15 is 0 Å². The second kappa shape index (κ2) is 8.39. The number of benzene rings is 2. The predicted octanol–water partition coefficient (Wildman–Crippen LogP) is 3.80. The van der Waals surface area contributed by atoms with Gasteiger partial charge >= 0.3 is 0 Å². The number of nitrogens with one attached hydrogen (secondary N) is 1. The van der Waals surface area contributed by atoms with Crippen LogP contribution in [0.2, 0.25) is 5.02 Å². The van der Waals surface area contributed by atoms with E-state index in [4.69, 9.17) is 16.3 Å². The van der Waals surface area contributed by atoms with Crippen LogP contribution in [0.4, 0.5) is 0 Å². The van der Waals surface area contributed by atoms with Gasteiger partial charge in [-0.1, -0.05) is 41.9 Å². The van der Waals surface area contributed by atoms with E-state index in [1.54, 1.807) is 17.0 Å². The van der Waals surface area contributed by atoms with Gasteiger partial charge < -0.3 is 14.6 Å². The van der Waals surface area contributed by atoms with E-state index in [0.717, 1.165) is 22.0 Å². The summed E-state index contributed by atoms with van der Waals surface area (Å²) in [6.07, 6.45) is 0.